The first-order chi connectivity index (χ1) is 10.6. The van der Waals surface area contributed by atoms with Crippen molar-refractivity contribution in [3.63, 3.8) is 0 Å². The zero-order valence-electron chi connectivity index (χ0n) is 12.3. The van der Waals surface area contributed by atoms with E-state index in [1.54, 1.807) is 0 Å². The molecule has 0 saturated carbocycles. The Morgan fingerprint density at radius 2 is 2.05 bits per heavy atom. The molecule has 2 amide bonds. The van der Waals surface area contributed by atoms with Crippen molar-refractivity contribution in [3.8, 4) is 17.1 Å². The number of carbonyl (C=O) groups is 2. The summed E-state index contributed by atoms with van der Waals surface area (Å²) in [6.07, 6.45) is 2.76. The van der Waals surface area contributed by atoms with Gasteiger partial charge in [0.25, 0.3) is 0 Å². The maximum Gasteiger partial charge on any atom is 0.340 e. The SMILES string of the molecule is CNC(=O)Nc1cc(OC)c(-c2cnco2)cc1C(=O)OC. The summed E-state index contributed by atoms with van der Waals surface area (Å²) in [5.74, 6) is 0.235. The molecule has 0 bridgehead atoms. The number of amides is 2. The summed E-state index contributed by atoms with van der Waals surface area (Å²) in [5.41, 5.74) is 0.937. The number of esters is 1. The van der Waals surface area contributed by atoms with Gasteiger partial charge in [0.15, 0.2) is 12.2 Å². The van der Waals surface area contributed by atoms with Gasteiger partial charge in [-0.2, -0.15) is 0 Å². The molecule has 0 radical (unpaired) electrons. The number of ether oxygens (including phenoxy) is 2. The van der Waals surface area contributed by atoms with Crippen LogP contribution in [0.5, 0.6) is 5.75 Å². The molecular formula is C14H15N3O5. The Morgan fingerprint density at radius 3 is 2.59 bits per heavy atom. The van der Waals surface area contributed by atoms with Crippen molar-refractivity contribution in [3.05, 3.63) is 30.3 Å². The lowest BCUT2D eigenvalue weighted by atomic mass is 10.1. The van der Waals surface area contributed by atoms with Crippen LogP contribution in [0, 0.1) is 0 Å². The molecule has 0 aliphatic carbocycles. The Bertz CT molecular complexity index is 682. The van der Waals surface area contributed by atoms with Gasteiger partial charge in [0.2, 0.25) is 0 Å². The van der Waals surface area contributed by atoms with E-state index < -0.39 is 12.0 Å². The zero-order valence-corrected chi connectivity index (χ0v) is 12.3. The number of benzene rings is 1. The van der Waals surface area contributed by atoms with Gasteiger partial charge in [-0.15, -0.1) is 0 Å². The Labute approximate surface area is 126 Å². The van der Waals surface area contributed by atoms with Crippen molar-refractivity contribution in [1.29, 1.82) is 0 Å². The first kappa shape index (κ1) is 15.4. The number of carbonyl (C=O) groups excluding carboxylic acids is 2. The summed E-state index contributed by atoms with van der Waals surface area (Å²) >= 11 is 0. The monoisotopic (exact) mass is 305 g/mol. The zero-order chi connectivity index (χ0) is 16.1. The van der Waals surface area contributed by atoms with E-state index in [9.17, 15) is 9.59 Å². The topological polar surface area (TPSA) is 103 Å². The third kappa shape index (κ3) is 3.00. The van der Waals surface area contributed by atoms with Crippen LogP contribution in [0.4, 0.5) is 10.5 Å². The second-order valence-electron chi connectivity index (χ2n) is 4.16. The highest BCUT2D eigenvalue weighted by Gasteiger charge is 2.20. The molecule has 0 fully saturated rings. The molecule has 2 N–H and O–H groups in total. The molecule has 1 aromatic heterocycles. The third-order valence-electron chi connectivity index (χ3n) is 2.92. The van der Waals surface area contributed by atoms with Crippen LogP contribution < -0.4 is 15.4 Å². The van der Waals surface area contributed by atoms with Gasteiger partial charge in [-0.05, 0) is 6.07 Å². The molecule has 0 atom stereocenters. The molecule has 8 nitrogen and oxygen atoms in total. The van der Waals surface area contributed by atoms with Gasteiger partial charge in [-0.1, -0.05) is 0 Å². The Balaban J connectivity index is 2.58. The number of anilines is 1. The predicted molar refractivity (Wildman–Crippen MR) is 77.9 cm³/mol. The van der Waals surface area contributed by atoms with E-state index in [1.165, 1.54) is 46.0 Å². The fourth-order valence-corrected chi connectivity index (χ4v) is 1.86. The number of aromatic nitrogens is 1. The Hall–Kier alpha value is -3.03. The lowest BCUT2D eigenvalue weighted by Crippen LogP contribution is -2.25. The minimum atomic E-state index is -0.602. The first-order valence-corrected chi connectivity index (χ1v) is 6.28. The van der Waals surface area contributed by atoms with E-state index >= 15 is 0 Å². The fourth-order valence-electron chi connectivity index (χ4n) is 1.86. The van der Waals surface area contributed by atoms with Crippen LogP contribution in [0.3, 0.4) is 0 Å². The highest BCUT2D eigenvalue weighted by Crippen LogP contribution is 2.35. The Kier molecular flexibility index (Phi) is 4.62. The minimum absolute atomic E-state index is 0.165. The first-order valence-electron chi connectivity index (χ1n) is 6.28. The molecule has 0 aliphatic rings. The molecule has 8 heteroatoms. The molecule has 0 unspecified atom stereocenters. The normalized spacial score (nSPS) is 9.95. The minimum Gasteiger partial charge on any atom is -0.496 e. The summed E-state index contributed by atoms with van der Waals surface area (Å²) in [5, 5.41) is 4.95. The highest BCUT2D eigenvalue weighted by atomic mass is 16.5. The van der Waals surface area contributed by atoms with Crippen molar-refractivity contribution in [1.82, 2.24) is 10.3 Å². The summed E-state index contributed by atoms with van der Waals surface area (Å²) in [6, 6.07) is 2.55. The van der Waals surface area contributed by atoms with Gasteiger partial charge in [0.1, 0.15) is 5.75 Å². The van der Waals surface area contributed by atoms with Gasteiger partial charge >= 0.3 is 12.0 Å². The van der Waals surface area contributed by atoms with Crippen LogP contribution in [0.25, 0.3) is 11.3 Å². The summed E-state index contributed by atoms with van der Waals surface area (Å²) in [6.45, 7) is 0. The number of hydrogen-bond acceptors (Lipinski definition) is 6. The maximum absolute atomic E-state index is 11.9. The van der Waals surface area contributed by atoms with E-state index in [0.717, 1.165) is 0 Å². The molecule has 116 valence electrons. The maximum atomic E-state index is 11.9. The molecule has 1 aromatic carbocycles. The molecule has 0 saturated heterocycles. The number of rotatable bonds is 4. The number of urea groups is 1. The number of hydrogen-bond donors (Lipinski definition) is 2. The molecule has 0 spiro atoms. The molecule has 2 aromatic rings. The third-order valence-corrected chi connectivity index (χ3v) is 2.92. The summed E-state index contributed by atoms with van der Waals surface area (Å²) in [4.78, 5) is 27.3. The lowest BCUT2D eigenvalue weighted by Gasteiger charge is -2.14. The number of nitrogens with zero attached hydrogens (tertiary/aromatic N) is 1. The molecule has 0 aliphatic heterocycles. The lowest BCUT2D eigenvalue weighted by molar-refractivity contribution is 0.0602. The molecule has 22 heavy (non-hydrogen) atoms. The van der Waals surface area contributed by atoms with Crippen molar-refractivity contribution in [2.45, 2.75) is 0 Å². The van der Waals surface area contributed by atoms with E-state index in [1.807, 2.05) is 0 Å². The smallest absolute Gasteiger partial charge is 0.340 e. The predicted octanol–water partition coefficient (Wildman–Crippen LogP) is 1.89. The van der Waals surface area contributed by atoms with Crippen molar-refractivity contribution in [2.24, 2.45) is 0 Å². The molecule has 1 heterocycles. The van der Waals surface area contributed by atoms with Crippen molar-refractivity contribution < 1.29 is 23.5 Å². The van der Waals surface area contributed by atoms with Gasteiger partial charge in [0, 0.05) is 13.1 Å². The van der Waals surface area contributed by atoms with E-state index in [0.29, 0.717) is 17.1 Å². The summed E-state index contributed by atoms with van der Waals surface area (Å²) < 4.78 is 15.3. The van der Waals surface area contributed by atoms with Crippen LogP contribution in [0.2, 0.25) is 0 Å². The fraction of sp³-hybridized carbons (Fsp3) is 0.214. The largest absolute Gasteiger partial charge is 0.496 e. The van der Waals surface area contributed by atoms with Crippen LogP contribution in [0.15, 0.2) is 29.1 Å². The number of nitrogens with one attached hydrogen (secondary N) is 2. The van der Waals surface area contributed by atoms with Crippen molar-refractivity contribution >= 4 is 17.7 Å². The van der Waals surface area contributed by atoms with Crippen LogP contribution in [-0.4, -0.2) is 38.3 Å². The second-order valence-corrected chi connectivity index (χ2v) is 4.16. The summed E-state index contributed by atoms with van der Waals surface area (Å²) in [7, 11) is 4.19. The van der Waals surface area contributed by atoms with Crippen LogP contribution in [-0.2, 0) is 4.74 Å². The van der Waals surface area contributed by atoms with Gasteiger partial charge in [0.05, 0.1) is 37.2 Å². The Morgan fingerprint density at radius 1 is 1.27 bits per heavy atom. The van der Waals surface area contributed by atoms with E-state index in [2.05, 4.69) is 15.6 Å². The van der Waals surface area contributed by atoms with Gasteiger partial charge in [-0.25, -0.2) is 14.6 Å². The second kappa shape index (κ2) is 6.61. The molecule has 2 rings (SSSR count). The molecular weight excluding hydrogens is 290 g/mol. The van der Waals surface area contributed by atoms with Gasteiger partial charge in [-0.3, -0.25) is 0 Å². The van der Waals surface area contributed by atoms with E-state index in [4.69, 9.17) is 13.9 Å². The van der Waals surface area contributed by atoms with Gasteiger partial charge < -0.3 is 24.5 Å². The standard InChI is InChI=1S/C14H15N3O5/c1-15-14(19)17-10-5-11(20-2)9(12-6-16-7-22-12)4-8(10)13(18)21-3/h4-7H,1-3H3,(H2,15,17,19). The van der Waals surface area contributed by atoms with E-state index in [-0.39, 0.29) is 11.3 Å². The average Bonchev–Trinajstić information content (AvgIpc) is 3.07. The van der Waals surface area contributed by atoms with Crippen LogP contribution in [0.1, 0.15) is 10.4 Å². The number of methoxy groups -OCH3 is 2. The number of oxazole rings is 1. The highest BCUT2D eigenvalue weighted by molar-refractivity contribution is 6.02. The quantitative estimate of drug-likeness (QED) is 0.836. The van der Waals surface area contributed by atoms with Crippen molar-refractivity contribution in [2.75, 3.05) is 26.6 Å². The average molecular weight is 305 g/mol. The van der Waals surface area contributed by atoms with Crippen LogP contribution >= 0.6 is 0 Å².